The summed E-state index contributed by atoms with van der Waals surface area (Å²) in [5, 5.41) is 12.0. The number of nitrogens with one attached hydrogen (secondary N) is 3. The molecule has 6 heteroatoms. The molecule has 4 aromatic rings. The van der Waals surface area contributed by atoms with Crippen LogP contribution in [-0.2, 0) is 0 Å². The Bertz CT molecular complexity index is 1460. The van der Waals surface area contributed by atoms with E-state index < -0.39 is 0 Å². The van der Waals surface area contributed by atoms with E-state index >= 15 is 0 Å². The van der Waals surface area contributed by atoms with Gasteiger partial charge < -0.3 is 10.3 Å². The van der Waals surface area contributed by atoms with E-state index in [0.717, 1.165) is 69.0 Å². The van der Waals surface area contributed by atoms with Gasteiger partial charge in [0.25, 0.3) is 0 Å². The first kappa shape index (κ1) is 24.8. The minimum atomic E-state index is 0.676. The largest absolute Gasteiger partial charge is 0.357 e. The Morgan fingerprint density at radius 2 is 1.94 bits per heavy atom. The van der Waals surface area contributed by atoms with Gasteiger partial charge in [0.05, 0.1) is 11.4 Å². The topological polar surface area (TPSA) is 82.3 Å². The molecule has 0 spiro atoms. The second-order valence-electron chi connectivity index (χ2n) is 8.42. The van der Waals surface area contributed by atoms with Crippen LogP contribution in [0.15, 0.2) is 92.0 Å². The minimum Gasteiger partial charge on any atom is -0.357 e. The van der Waals surface area contributed by atoms with E-state index in [1.165, 1.54) is 0 Å². The number of hydrogen-bond acceptors (Lipinski definition) is 4. The molecule has 3 N–H and O–H groups in total. The summed E-state index contributed by atoms with van der Waals surface area (Å²) in [6, 6.07) is 8.29. The molecule has 0 atom stereocenters. The van der Waals surface area contributed by atoms with Gasteiger partial charge in [-0.3, -0.25) is 10.1 Å². The Kier molecular flexibility index (Phi) is 7.88. The third kappa shape index (κ3) is 5.19. The van der Waals surface area contributed by atoms with Crippen molar-refractivity contribution in [3.8, 4) is 11.4 Å². The molecule has 0 aliphatic carbocycles. The first-order chi connectivity index (χ1) is 17.6. The third-order valence-corrected chi connectivity index (χ3v) is 6.09. The number of fused-ring (bicyclic) bond motifs is 1. The van der Waals surface area contributed by atoms with Gasteiger partial charge in [-0.2, -0.15) is 5.10 Å². The lowest BCUT2D eigenvalue weighted by Gasteiger charge is -2.07. The standard InChI is InChI=1S/C30H32N6/c1-6-10-25(23-11-13-32-14-12-23)26-17-28(34-20(26)5)29-27-16-24(19-33-30(27)36-35-29)22(8-3)15-21(7-2)18-31-9-4/h6-8,10-17,19,31,34H,1-2,9,18H2,3-5H3,(H,33,35,36)/b21-15+,22-8+,25-10-. The maximum atomic E-state index is 4.63. The van der Waals surface area contributed by atoms with E-state index in [9.17, 15) is 0 Å². The predicted molar refractivity (Wildman–Crippen MR) is 150 cm³/mol. The van der Waals surface area contributed by atoms with Crippen LogP contribution in [0.3, 0.4) is 0 Å². The molecule has 0 aliphatic heterocycles. The van der Waals surface area contributed by atoms with Crippen LogP contribution in [0.2, 0.25) is 0 Å². The van der Waals surface area contributed by atoms with Crippen LogP contribution in [0, 0.1) is 6.92 Å². The highest BCUT2D eigenvalue weighted by Gasteiger charge is 2.16. The molecule has 4 rings (SSSR count). The van der Waals surface area contributed by atoms with Crippen molar-refractivity contribution in [1.82, 2.24) is 30.5 Å². The van der Waals surface area contributed by atoms with E-state index in [1.807, 2.05) is 43.5 Å². The van der Waals surface area contributed by atoms with Crippen LogP contribution in [0.4, 0.5) is 0 Å². The zero-order valence-electron chi connectivity index (χ0n) is 21.1. The van der Waals surface area contributed by atoms with Crippen LogP contribution in [0.1, 0.15) is 36.2 Å². The highest BCUT2D eigenvalue weighted by atomic mass is 15.2. The molecular weight excluding hydrogens is 444 g/mol. The average molecular weight is 477 g/mol. The second-order valence-corrected chi connectivity index (χ2v) is 8.42. The van der Waals surface area contributed by atoms with E-state index in [1.54, 1.807) is 12.4 Å². The zero-order valence-corrected chi connectivity index (χ0v) is 21.1. The fourth-order valence-electron chi connectivity index (χ4n) is 4.21. The number of hydrogen-bond donors (Lipinski definition) is 3. The molecule has 36 heavy (non-hydrogen) atoms. The van der Waals surface area contributed by atoms with E-state index in [2.05, 4.69) is 81.8 Å². The van der Waals surface area contributed by atoms with Crippen molar-refractivity contribution >= 4 is 22.2 Å². The smallest absolute Gasteiger partial charge is 0.181 e. The Hall–Kier alpha value is -4.29. The fraction of sp³-hybridized carbons (Fsp3) is 0.167. The van der Waals surface area contributed by atoms with Gasteiger partial charge in [-0.05, 0) is 66.9 Å². The number of rotatable bonds is 10. The minimum absolute atomic E-state index is 0.676. The number of aromatic amines is 2. The van der Waals surface area contributed by atoms with Crippen molar-refractivity contribution in [3.63, 3.8) is 0 Å². The zero-order chi connectivity index (χ0) is 25.5. The van der Waals surface area contributed by atoms with E-state index in [0.29, 0.717) is 5.65 Å². The molecule has 0 radical (unpaired) electrons. The molecule has 0 unspecified atom stereocenters. The normalized spacial score (nSPS) is 12.8. The van der Waals surface area contributed by atoms with E-state index in [-0.39, 0.29) is 0 Å². The van der Waals surface area contributed by atoms with Crippen molar-refractivity contribution in [3.05, 3.63) is 114 Å². The number of nitrogens with zero attached hydrogens (tertiary/aromatic N) is 3. The molecule has 0 amide bonds. The Labute approximate surface area is 212 Å². The van der Waals surface area contributed by atoms with Gasteiger partial charge in [-0.15, -0.1) is 0 Å². The second kappa shape index (κ2) is 11.4. The van der Waals surface area contributed by atoms with Crippen molar-refractivity contribution < 1.29 is 0 Å². The maximum absolute atomic E-state index is 4.63. The molecule has 0 fully saturated rings. The monoisotopic (exact) mass is 476 g/mol. The number of likely N-dealkylation sites (N-methyl/N-ethyl adjacent to an activating group) is 1. The molecule has 0 saturated heterocycles. The highest BCUT2D eigenvalue weighted by molar-refractivity contribution is 5.94. The summed E-state index contributed by atoms with van der Waals surface area (Å²) >= 11 is 0. The van der Waals surface area contributed by atoms with Crippen LogP contribution in [0.25, 0.3) is 33.6 Å². The van der Waals surface area contributed by atoms with Gasteiger partial charge >= 0.3 is 0 Å². The SMILES string of the molecule is C=C/C=C(/c1ccncc1)c1cc(-c2[nH]nc3ncc(C(/C=C(\C=C)CNCC)=C/C)cc23)[nH]c1C. The Morgan fingerprint density at radius 3 is 2.64 bits per heavy atom. The van der Waals surface area contributed by atoms with Gasteiger partial charge in [0.15, 0.2) is 5.65 Å². The van der Waals surface area contributed by atoms with Crippen molar-refractivity contribution in [2.24, 2.45) is 0 Å². The predicted octanol–water partition coefficient (Wildman–Crippen LogP) is 6.40. The number of aromatic nitrogens is 5. The van der Waals surface area contributed by atoms with Gasteiger partial charge in [0, 0.05) is 47.3 Å². The number of aryl methyl sites for hydroxylation is 1. The highest BCUT2D eigenvalue weighted by Crippen LogP contribution is 2.33. The van der Waals surface area contributed by atoms with Gasteiger partial charge in [-0.25, -0.2) is 4.98 Å². The van der Waals surface area contributed by atoms with Crippen LogP contribution < -0.4 is 5.32 Å². The summed E-state index contributed by atoms with van der Waals surface area (Å²) < 4.78 is 0. The first-order valence-corrected chi connectivity index (χ1v) is 12.1. The maximum Gasteiger partial charge on any atom is 0.181 e. The summed E-state index contributed by atoms with van der Waals surface area (Å²) in [4.78, 5) is 12.3. The fourth-order valence-corrected chi connectivity index (χ4v) is 4.21. The lowest BCUT2D eigenvalue weighted by atomic mass is 9.98. The molecule has 6 nitrogen and oxygen atoms in total. The molecule has 182 valence electrons. The van der Waals surface area contributed by atoms with E-state index in [4.69, 9.17) is 0 Å². The molecule has 0 aliphatic rings. The number of H-pyrrole nitrogens is 2. The average Bonchev–Trinajstić information content (AvgIpc) is 3.50. The third-order valence-electron chi connectivity index (χ3n) is 6.09. The molecule has 0 saturated carbocycles. The van der Waals surface area contributed by atoms with Crippen LogP contribution >= 0.6 is 0 Å². The molecular formula is C30H32N6. The van der Waals surface area contributed by atoms with Crippen LogP contribution in [0.5, 0.6) is 0 Å². The van der Waals surface area contributed by atoms with Crippen molar-refractivity contribution in [2.75, 3.05) is 13.1 Å². The molecule has 4 aromatic heterocycles. The molecule has 4 heterocycles. The molecule has 0 aromatic carbocycles. The van der Waals surface area contributed by atoms with Gasteiger partial charge in [0.1, 0.15) is 0 Å². The summed E-state index contributed by atoms with van der Waals surface area (Å²) in [5.41, 5.74) is 10.1. The lowest BCUT2D eigenvalue weighted by Crippen LogP contribution is -2.15. The number of pyridine rings is 2. The summed E-state index contributed by atoms with van der Waals surface area (Å²) in [5.74, 6) is 0. The lowest BCUT2D eigenvalue weighted by molar-refractivity contribution is 0.785. The Balaban J connectivity index is 1.76. The first-order valence-electron chi connectivity index (χ1n) is 12.1. The molecule has 0 bridgehead atoms. The summed E-state index contributed by atoms with van der Waals surface area (Å²) in [6.45, 7) is 15.8. The van der Waals surface area contributed by atoms with Gasteiger partial charge in [-0.1, -0.05) is 50.5 Å². The summed E-state index contributed by atoms with van der Waals surface area (Å²) in [7, 11) is 0. The Morgan fingerprint density at radius 1 is 1.14 bits per heavy atom. The quantitative estimate of drug-likeness (QED) is 0.231. The van der Waals surface area contributed by atoms with Crippen LogP contribution in [-0.4, -0.2) is 38.2 Å². The van der Waals surface area contributed by atoms with Crippen molar-refractivity contribution in [2.45, 2.75) is 20.8 Å². The van der Waals surface area contributed by atoms with Crippen molar-refractivity contribution in [1.29, 1.82) is 0 Å². The number of allylic oxidation sites excluding steroid dienone is 5. The van der Waals surface area contributed by atoms with Gasteiger partial charge in [0.2, 0.25) is 0 Å². The summed E-state index contributed by atoms with van der Waals surface area (Å²) in [6.07, 6.45) is 15.4.